The fourth-order valence-electron chi connectivity index (χ4n) is 4.29. The Morgan fingerprint density at radius 3 is 2.11 bits per heavy atom. The van der Waals surface area contributed by atoms with E-state index in [1.807, 2.05) is 0 Å². The van der Waals surface area contributed by atoms with Crippen molar-refractivity contribution in [3.05, 3.63) is 72.2 Å². The summed E-state index contributed by atoms with van der Waals surface area (Å²) < 4.78 is 92.1. The van der Waals surface area contributed by atoms with Crippen molar-refractivity contribution in [2.24, 2.45) is 0 Å². The Balaban J connectivity index is 1.40. The first-order valence-electron chi connectivity index (χ1n) is 11.5. The van der Waals surface area contributed by atoms with Crippen molar-refractivity contribution in [3.63, 3.8) is 0 Å². The zero-order chi connectivity index (χ0) is 27.7. The molecule has 202 valence electrons. The van der Waals surface area contributed by atoms with Gasteiger partial charge in [-0.15, -0.1) is 0 Å². The highest BCUT2D eigenvalue weighted by Crippen LogP contribution is 2.33. The second kappa shape index (κ2) is 10.3. The van der Waals surface area contributed by atoms with Crippen LogP contribution in [0.5, 0.6) is 0 Å². The molecule has 1 saturated carbocycles. The molecular weight excluding hydrogens is 533 g/mol. The van der Waals surface area contributed by atoms with Gasteiger partial charge in [0.2, 0.25) is 0 Å². The summed E-state index contributed by atoms with van der Waals surface area (Å²) in [4.78, 5) is 18.1. The smallest absolute Gasteiger partial charge is 0.417 e. The van der Waals surface area contributed by atoms with Gasteiger partial charge in [-0.1, -0.05) is 12.1 Å². The van der Waals surface area contributed by atoms with Crippen molar-refractivity contribution >= 4 is 21.6 Å². The molecule has 0 radical (unpaired) electrons. The third kappa shape index (κ3) is 5.77. The number of nitrogens with zero attached hydrogens (tertiary/aromatic N) is 2. The van der Waals surface area contributed by atoms with E-state index in [-0.39, 0.29) is 22.3 Å². The van der Waals surface area contributed by atoms with Crippen LogP contribution in [0, 0.1) is 0 Å². The van der Waals surface area contributed by atoms with Gasteiger partial charge in [-0.3, -0.25) is 4.98 Å². The topological polar surface area (TPSA) is 109 Å². The van der Waals surface area contributed by atoms with E-state index in [0.717, 1.165) is 24.5 Å². The normalized spacial score (nSPS) is 18.7. The van der Waals surface area contributed by atoms with Crippen LogP contribution in [-0.4, -0.2) is 40.8 Å². The van der Waals surface area contributed by atoms with E-state index in [2.05, 4.69) is 15.3 Å². The molecule has 1 fully saturated rings. The zero-order valence-electron chi connectivity index (χ0n) is 19.6. The van der Waals surface area contributed by atoms with Crippen LogP contribution in [0.15, 0.2) is 65.8 Å². The lowest BCUT2D eigenvalue weighted by atomic mass is 9.95. The number of benzene rings is 1. The van der Waals surface area contributed by atoms with Crippen LogP contribution < -0.4 is 5.32 Å². The van der Waals surface area contributed by atoms with E-state index >= 15 is 0 Å². The molecule has 1 aromatic carbocycles. The molecule has 0 unspecified atom stereocenters. The number of aromatic nitrogens is 2. The maximum absolute atomic E-state index is 13.8. The van der Waals surface area contributed by atoms with Gasteiger partial charge in [-0.25, -0.2) is 18.2 Å². The molecule has 3 aromatic rings. The van der Waals surface area contributed by atoms with Crippen molar-refractivity contribution in [1.82, 2.24) is 9.97 Å². The van der Waals surface area contributed by atoms with Gasteiger partial charge in [-0.05, 0) is 73.2 Å². The van der Waals surface area contributed by atoms with Gasteiger partial charge in [0, 0.05) is 18.4 Å². The summed E-state index contributed by atoms with van der Waals surface area (Å²) in [5.41, 5.74) is -1.13. The van der Waals surface area contributed by atoms with E-state index < -0.39 is 44.4 Å². The number of alkyl halides is 5. The number of carboxylic acid groups (broad SMARTS) is 1. The molecule has 2 N–H and O–H groups in total. The number of rotatable bonds is 7. The molecule has 4 rings (SSSR count). The van der Waals surface area contributed by atoms with Crippen molar-refractivity contribution in [1.29, 1.82) is 0 Å². The Kier molecular flexibility index (Phi) is 7.42. The molecule has 38 heavy (non-hydrogen) atoms. The maximum Gasteiger partial charge on any atom is 0.417 e. The third-order valence-corrected chi connectivity index (χ3v) is 8.70. The van der Waals surface area contributed by atoms with Gasteiger partial charge in [0.05, 0.1) is 15.7 Å². The molecule has 7 nitrogen and oxygen atoms in total. The summed E-state index contributed by atoms with van der Waals surface area (Å²) in [6.45, 7) is 0. The van der Waals surface area contributed by atoms with E-state index in [4.69, 9.17) is 5.11 Å². The van der Waals surface area contributed by atoms with Crippen molar-refractivity contribution in [2.75, 3.05) is 5.32 Å². The average molecular weight is 556 g/mol. The number of pyridine rings is 2. The fourth-order valence-corrected chi connectivity index (χ4v) is 6.09. The molecule has 0 bridgehead atoms. The Morgan fingerprint density at radius 2 is 1.55 bits per heavy atom. The SMILES string of the molecule is O=C(O)C(F)(F)c1cc(-c2ccc(S(=O)(=O)[C@H]3CC[C@H](Nc4ccc(C(F)(F)F)cn4)CC3)cc2)ccn1. The van der Waals surface area contributed by atoms with Gasteiger partial charge >= 0.3 is 18.1 Å². The summed E-state index contributed by atoms with van der Waals surface area (Å²) in [6, 6.07) is 10.0. The number of hydrogen-bond acceptors (Lipinski definition) is 6. The number of nitrogens with one attached hydrogen (secondary N) is 1. The summed E-state index contributed by atoms with van der Waals surface area (Å²) in [5.74, 6) is -6.22. The lowest BCUT2D eigenvalue weighted by Gasteiger charge is -2.29. The molecule has 0 atom stereocenters. The lowest BCUT2D eigenvalue weighted by Crippen LogP contribution is -2.33. The molecule has 0 aliphatic heterocycles. The predicted molar refractivity (Wildman–Crippen MR) is 127 cm³/mol. The number of halogens is 5. The van der Waals surface area contributed by atoms with E-state index in [1.54, 1.807) is 0 Å². The molecule has 0 amide bonds. The van der Waals surface area contributed by atoms with Crippen LogP contribution in [0.1, 0.15) is 36.9 Å². The van der Waals surface area contributed by atoms with Crippen LogP contribution in [0.25, 0.3) is 11.1 Å². The van der Waals surface area contributed by atoms with Crippen LogP contribution in [0.3, 0.4) is 0 Å². The largest absolute Gasteiger partial charge is 0.476 e. The van der Waals surface area contributed by atoms with Crippen molar-refractivity contribution in [3.8, 4) is 11.1 Å². The lowest BCUT2D eigenvalue weighted by molar-refractivity contribution is -0.166. The van der Waals surface area contributed by atoms with E-state index in [1.165, 1.54) is 36.4 Å². The molecule has 2 heterocycles. The summed E-state index contributed by atoms with van der Waals surface area (Å²) in [5, 5.41) is 11.1. The van der Waals surface area contributed by atoms with Gasteiger partial charge in [-0.2, -0.15) is 22.0 Å². The number of hydrogen-bond donors (Lipinski definition) is 2. The highest BCUT2D eigenvalue weighted by molar-refractivity contribution is 7.92. The first-order chi connectivity index (χ1) is 17.8. The van der Waals surface area contributed by atoms with Crippen LogP contribution in [0.2, 0.25) is 0 Å². The molecule has 0 saturated heterocycles. The molecular formula is C25H22F5N3O4S. The monoisotopic (exact) mass is 555 g/mol. The Bertz CT molecular complexity index is 1400. The second-order valence-corrected chi connectivity index (χ2v) is 11.2. The Labute approximate surface area is 214 Å². The minimum absolute atomic E-state index is 0.0622. The minimum atomic E-state index is -4.48. The van der Waals surface area contributed by atoms with Crippen LogP contribution in [0.4, 0.5) is 27.8 Å². The Hall–Kier alpha value is -3.61. The van der Waals surface area contributed by atoms with Crippen molar-refractivity contribution in [2.45, 2.75) is 54.0 Å². The molecule has 2 aromatic heterocycles. The van der Waals surface area contributed by atoms with Crippen molar-refractivity contribution < 1.29 is 40.3 Å². The Morgan fingerprint density at radius 1 is 0.895 bits per heavy atom. The van der Waals surface area contributed by atoms with Crippen LogP contribution >= 0.6 is 0 Å². The average Bonchev–Trinajstić information content (AvgIpc) is 2.89. The second-order valence-electron chi connectivity index (χ2n) is 8.93. The number of carbonyl (C=O) groups is 1. The predicted octanol–water partition coefficient (Wildman–Crippen LogP) is 5.54. The highest BCUT2D eigenvalue weighted by Gasteiger charge is 2.42. The zero-order valence-corrected chi connectivity index (χ0v) is 20.4. The first kappa shape index (κ1) is 27.4. The molecule has 13 heteroatoms. The summed E-state index contributed by atoms with van der Waals surface area (Å²) in [7, 11) is -3.70. The third-order valence-electron chi connectivity index (χ3n) is 6.42. The van der Waals surface area contributed by atoms with E-state index in [9.17, 15) is 35.2 Å². The van der Waals surface area contributed by atoms with Gasteiger partial charge in [0.15, 0.2) is 9.84 Å². The summed E-state index contributed by atoms with van der Waals surface area (Å²) in [6.07, 6.45) is -1.07. The van der Waals surface area contributed by atoms with Gasteiger partial charge in [0.1, 0.15) is 11.5 Å². The minimum Gasteiger partial charge on any atom is -0.476 e. The number of sulfone groups is 1. The first-order valence-corrected chi connectivity index (χ1v) is 13.0. The fraction of sp³-hybridized carbons (Fsp3) is 0.320. The van der Waals surface area contributed by atoms with Gasteiger partial charge in [0.25, 0.3) is 0 Å². The van der Waals surface area contributed by atoms with Crippen LogP contribution in [-0.2, 0) is 26.7 Å². The van der Waals surface area contributed by atoms with E-state index in [0.29, 0.717) is 31.2 Å². The standard InChI is InChI=1S/C25H22F5N3O4S/c26-24(27,23(34)35)21-13-16(11-12-31-21)15-1-6-19(7-2-15)38(36,37)20-8-4-18(5-9-20)33-22-10-3-17(14-32-22)25(28,29)30/h1-3,6-7,10-14,18,20H,4-5,8-9H2,(H,32,33)(H,34,35)/t18-,20-. The summed E-state index contributed by atoms with van der Waals surface area (Å²) >= 11 is 0. The van der Waals surface area contributed by atoms with Gasteiger partial charge < -0.3 is 10.4 Å². The number of carboxylic acids is 1. The molecule has 1 aliphatic carbocycles. The number of aliphatic carboxylic acids is 1. The highest BCUT2D eigenvalue weighted by atomic mass is 32.2. The molecule has 0 spiro atoms. The molecule has 1 aliphatic rings. The quantitative estimate of drug-likeness (QED) is 0.369. The number of anilines is 1. The maximum atomic E-state index is 13.8.